The molecule has 3 amide bonds. The van der Waals surface area contributed by atoms with Gasteiger partial charge in [-0.1, -0.05) is 30.0 Å². The number of carbonyl (C=O) groups is 2. The number of benzene rings is 1. The lowest BCUT2D eigenvalue weighted by Gasteiger charge is -2.27. The van der Waals surface area contributed by atoms with Crippen molar-refractivity contribution in [1.29, 1.82) is 0 Å². The van der Waals surface area contributed by atoms with Gasteiger partial charge >= 0.3 is 6.03 Å². The average molecular weight is 388 g/mol. The van der Waals surface area contributed by atoms with Crippen LogP contribution < -0.4 is 15.5 Å². The van der Waals surface area contributed by atoms with Crippen molar-refractivity contribution in [3.8, 4) is 5.69 Å². The molecule has 0 saturated carbocycles. The minimum Gasteiger partial charge on any atom is -0.341 e. The summed E-state index contributed by atoms with van der Waals surface area (Å²) in [5, 5.41) is 14.2. The molecule has 0 unspecified atom stereocenters. The number of nitrogens with zero attached hydrogens (tertiary/aromatic N) is 4. The Hall–Kier alpha value is -2.55. The molecule has 144 valence electrons. The van der Waals surface area contributed by atoms with Gasteiger partial charge in [-0.3, -0.25) is 14.7 Å². The first-order valence-corrected chi connectivity index (χ1v) is 10.1. The maximum atomic E-state index is 12.0. The van der Waals surface area contributed by atoms with Crippen LogP contribution in [0.1, 0.15) is 26.2 Å². The summed E-state index contributed by atoms with van der Waals surface area (Å²) in [5.41, 5.74) is 0.953. The number of anilines is 1. The largest absolute Gasteiger partial charge is 0.341 e. The van der Waals surface area contributed by atoms with E-state index in [0.29, 0.717) is 11.7 Å². The van der Waals surface area contributed by atoms with Crippen molar-refractivity contribution in [2.24, 2.45) is 0 Å². The molecule has 3 rings (SSSR count). The molecule has 0 atom stereocenters. The van der Waals surface area contributed by atoms with Gasteiger partial charge in [0.05, 0.1) is 11.4 Å². The van der Waals surface area contributed by atoms with E-state index in [2.05, 4.69) is 25.7 Å². The molecule has 8 nitrogen and oxygen atoms in total. The van der Waals surface area contributed by atoms with Crippen molar-refractivity contribution in [2.75, 3.05) is 30.3 Å². The molecule has 2 N–H and O–H groups in total. The van der Waals surface area contributed by atoms with Crippen LogP contribution in [0.15, 0.2) is 35.5 Å². The number of thioether (sulfide) groups is 1. The van der Waals surface area contributed by atoms with Gasteiger partial charge in [0.2, 0.25) is 11.9 Å². The topological polar surface area (TPSA) is 92.2 Å². The van der Waals surface area contributed by atoms with Crippen molar-refractivity contribution < 1.29 is 9.59 Å². The van der Waals surface area contributed by atoms with E-state index in [1.807, 2.05) is 34.9 Å². The van der Waals surface area contributed by atoms with Crippen LogP contribution in [0.25, 0.3) is 5.69 Å². The van der Waals surface area contributed by atoms with Gasteiger partial charge in [0.1, 0.15) is 0 Å². The second kappa shape index (κ2) is 9.40. The number of aromatic nitrogens is 3. The number of amides is 3. The van der Waals surface area contributed by atoms with Gasteiger partial charge in [-0.25, -0.2) is 4.79 Å². The van der Waals surface area contributed by atoms with Gasteiger partial charge in [0.15, 0.2) is 5.16 Å². The SMILES string of the molecule is CCNC(=O)NC(=O)CSc1nnc(N2CCCCC2)n1-c1ccccc1. The summed E-state index contributed by atoms with van der Waals surface area (Å²) in [5.74, 6) is 0.517. The summed E-state index contributed by atoms with van der Waals surface area (Å²) >= 11 is 1.27. The van der Waals surface area contributed by atoms with E-state index >= 15 is 0 Å². The van der Waals surface area contributed by atoms with Crippen LogP contribution >= 0.6 is 11.8 Å². The number of hydrogen-bond acceptors (Lipinski definition) is 6. The first-order chi connectivity index (χ1) is 13.2. The molecule has 0 spiro atoms. The van der Waals surface area contributed by atoms with E-state index in [1.165, 1.54) is 18.2 Å². The molecule has 2 aromatic rings. The van der Waals surface area contributed by atoms with Crippen molar-refractivity contribution in [3.05, 3.63) is 30.3 Å². The van der Waals surface area contributed by atoms with E-state index in [9.17, 15) is 9.59 Å². The molecule has 0 radical (unpaired) electrons. The maximum Gasteiger partial charge on any atom is 0.321 e. The highest BCUT2D eigenvalue weighted by atomic mass is 32.2. The van der Waals surface area contributed by atoms with Crippen LogP contribution in [-0.2, 0) is 4.79 Å². The third-order valence-corrected chi connectivity index (χ3v) is 5.12. The van der Waals surface area contributed by atoms with Gasteiger partial charge in [-0.05, 0) is 38.3 Å². The number of para-hydroxylation sites is 1. The molecule has 9 heteroatoms. The lowest BCUT2D eigenvalue weighted by molar-refractivity contribution is -0.117. The summed E-state index contributed by atoms with van der Waals surface area (Å²) in [6.45, 7) is 4.16. The minimum absolute atomic E-state index is 0.0854. The highest BCUT2D eigenvalue weighted by Crippen LogP contribution is 2.28. The van der Waals surface area contributed by atoms with Crippen LogP contribution in [0.4, 0.5) is 10.7 Å². The zero-order valence-corrected chi connectivity index (χ0v) is 16.2. The Morgan fingerprint density at radius 2 is 1.85 bits per heavy atom. The third kappa shape index (κ3) is 5.00. The molecule has 1 aromatic heterocycles. The number of imide groups is 1. The molecular formula is C18H24N6O2S. The number of hydrogen-bond donors (Lipinski definition) is 2. The fourth-order valence-corrected chi connectivity index (χ4v) is 3.70. The third-order valence-electron chi connectivity index (χ3n) is 4.19. The van der Waals surface area contributed by atoms with Crippen LogP contribution in [0, 0.1) is 0 Å². The molecule has 0 aliphatic carbocycles. The Kier molecular flexibility index (Phi) is 6.69. The molecule has 2 heterocycles. The second-order valence-electron chi connectivity index (χ2n) is 6.20. The standard InChI is InChI=1S/C18H24N6O2S/c1-2-19-16(26)20-15(25)13-27-18-22-21-17(23-11-7-4-8-12-23)24(18)14-9-5-3-6-10-14/h3,5-6,9-10H,2,4,7-8,11-13H2,1H3,(H2,19,20,25,26). The molecule has 1 saturated heterocycles. The van der Waals surface area contributed by atoms with E-state index in [4.69, 9.17) is 0 Å². The highest BCUT2D eigenvalue weighted by molar-refractivity contribution is 7.99. The van der Waals surface area contributed by atoms with Crippen molar-refractivity contribution in [1.82, 2.24) is 25.4 Å². The Morgan fingerprint density at radius 3 is 2.56 bits per heavy atom. The Balaban J connectivity index is 1.77. The first-order valence-electron chi connectivity index (χ1n) is 9.15. The summed E-state index contributed by atoms with van der Waals surface area (Å²) < 4.78 is 1.98. The minimum atomic E-state index is -0.485. The zero-order valence-electron chi connectivity index (χ0n) is 15.4. The normalized spacial score (nSPS) is 14.0. The zero-order chi connectivity index (χ0) is 19.1. The molecule has 1 aromatic carbocycles. The lowest BCUT2D eigenvalue weighted by Crippen LogP contribution is -2.40. The van der Waals surface area contributed by atoms with Crippen LogP contribution in [0.5, 0.6) is 0 Å². The monoisotopic (exact) mass is 388 g/mol. The quantitative estimate of drug-likeness (QED) is 0.737. The van der Waals surface area contributed by atoms with E-state index in [-0.39, 0.29) is 11.7 Å². The number of piperidine rings is 1. The Morgan fingerprint density at radius 1 is 1.11 bits per heavy atom. The predicted molar refractivity (Wildman–Crippen MR) is 105 cm³/mol. The van der Waals surface area contributed by atoms with E-state index < -0.39 is 6.03 Å². The number of rotatable bonds is 6. The van der Waals surface area contributed by atoms with Crippen molar-refractivity contribution in [2.45, 2.75) is 31.3 Å². The van der Waals surface area contributed by atoms with Gasteiger partial charge < -0.3 is 10.2 Å². The summed E-state index contributed by atoms with van der Waals surface area (Å²) in [6, 6.07) is 9.39. The first kappa shape index (κ1) is 19.2. The molecule has 27 heavy (non-hydrogen) atoms. The lowest BCUT2D eigenvalue weighted by atomic mass is 10.1. The van der Waals surface area contributed by atoms with Crippen molar-refractivity contribution >= 4 is 29.6 Å². The maximum absolute atomic E-state index is 12.0. The fourth-order valence-electron chi connectivity index (χ4n) is 2.96. The number of urea groups is 1. The smallest absolute Gasteiger partial charge is 0.321 e. The number of nitrogens with one attached hydrogen (secondary N) is 2. The summed E-state index contributed by atoms with van der Waals surface area (Å²) in [4.78, 5) is 25.7. The summed E-state index contributed by atoms with van der Waals surface area (Å²) in [6.07, 6.45) is 3.51. The molecule has 1 aliphatic rings. The molecular weight excluding hydrogens is 364 g/mol. The fraction of sp³-hybridized carbons (Fsp3) is 0.444. The van der Waals surface area contributed by atoms with Crippen LogP contribution in [-0.4, -0.2) is 52.1 Å². The average Bonchev–Trinajstić information content (AvgIpc) is 3.12. The van der Waals surface area contributed by atoms with Crippen LogP contribution in [0.2, 0.25) is 0 Å². The molecule has 1 aliphatic heterocycles. The second-order valence-corrected chi connectivity index (χ2v) is 7.14. The molecule has 0 bridgehead atoms. The Bertz CT molecular complexity index is 773. The predicted octanol–water partition coefficient (Wildman–Crippen LogP) is 2.20. The van der Waals surface area contributed by atoms with Gasteiger partial charge in [0.25, 0.3) is 0 Å². The van der Waals surface area contributed by atoms with E-state index in [1.54, 1.807) is 6.92 Å². The highest BCUT2D eigenvalue weighted by Gasteiger charge is 2.22. The van der Waals surface area contributed by atoms with Gasteiger partial charge in [0, 0.05) is 19.6 Å². The van der Waals surface area contributed by atoms with Gasteiger partial charge in [-0.15, -0.1) is 10.2 Å². The Labute approximate surface area is 162 Å². The van der Waals surface area contributed by atoms with Crippen LogP contribution in [0.3, 0.4) is 0 Å². The molecule has 1 fully saturated rings. The van der Waals surface area contributed by atoms with Crippen molar-refractivity contribution in [3.63, 3.8) is 0 Å². The van der Waals surface area contributed by atoms with Gasteiger partial charge in [-0.2, -0.15) is 0 Å². The number of carbonyl (C=O) groups excluding carboxylic acids is 2. The summed E-state index contributed by atoms with van der Waals surface area (Å²) in [7, 11) is 0. The van der Waals surface area contributed by atoms with E-state index in [0.717, 1.165) is 37.6 Å².